The molecule has 2 aromatic rings. The summed E-state index contributed by atoms with van der Waals surface area (Å²) in [5.41, 5.74) is 11.0. The van der Waals surface area contributed by atoms with Crippen LogP contribution in [0.3, 0.4) is 0 Å². The number of fused-ring (bicyclic) bond motifs is 1. The largest absolute Gasteiger partial charge is 0.358 e. The Kier molecular flexibility index (Phi) is 2.55. The van der Waals surface area contributed by atoms with Crippen molar-refractivity contribution in [1.82, 2.24) is 4.98 Å². The molecule has 0 amide bonds. The van der Waals surface area contributed by atoms with Crippen molar-refractivity contribution in [2.75, 3.05) is 6.54 Å². The third-order valence-corrected chi connectivity index (χ3v) is 3.60. The maximum absolute atomic E-state index is 5.82. The number of aromatic nitrogens is 1. The molecule has 2 heteroatoms. The SMILES string of the molecule is Cc1[nH]c2ccc(C(C)(C)CN)cc2c1C. The molecular formula is C14H20N2. The number of nitrogens with two attached hydrogens (primary N) is 1. The van der Waals surface area contributed by atoms with Crippen molar-refractivity contribution in [2.24, 2.45) is 5.73 Å². The number of H-pyrrole nitrogens is 1. The second kappa shape index (κ2) is 3.63. The van der Waals surface area contributed by atoms with Gasteiger partial charge in [0.1, 0.15) is 0 Å². The fraction of sp³-hybridized carbons (Fsp3) is 0.429. The van der Waals surface area contributed by atoms with Crippen molar-refractivity contribution < 1.29 is 0 Å². The summed E-state index contributed by atoms with van der Waals surface area (Å²) in [6.07, 6.45) is 0. The minimum atomic E-state index is 0.0474. The van der Waals surface area contributed by atoms with E-state index >= 15 is 0 Å². The zero-order valence-corrected chi connectivity index (χ0v) is 10.5. The standard InChI is InChI=1S/C14H20N2/c1-9-10(2)16-13-6-5-11(7-12(9)13)14(3,4)8-15/h5-7,16H,8,15H2,1-4H3. The Morgan fingerprint density at radius 2 is 1.94 bits per heavy atom. The van der Waals surface area contributed by atoms with Crippen molar-refractivity contribution in [1.29, 1.82) is 0 Å². The fourth-order valence-electron chi connectivity index (χ4n) is 2.00. The predicted molar refractivity (Wildman–Crippen MR) is 69.9 cm³/mol. The van der Waals surface area contributed by atoms with Gasteiger partial charge in [-0.1, -0.05) is 19.9 Å². The Labute approximate surface area is 96.9 Å². The lowest BCUT2D eigenvalue weighted by Crippen LogP contribution is -2.27. The van der Waals surface area contributed by atoms with Crippen LogP contribution in [-0.2, 0) is 5.41 Å². The van der Waals surface area contributed by atoms with E-state index in [0.29, 0.717) is 6.54 Å². The van der Waals surface area contributed by atoms with Gasteiger partial charge in [-0.2, -0.15) is 0 Å². The van der Waals surface area contributed by atoms with Crippen molar-refractivity contribution in [3.63, 3.8) is 0 Å². The summed E-state index contributed by atoms with van der Waals surface area (Å²) in [7, 11) is 0. The molecule has 2 rings (SSSR count). The van der Waals surface area contributed by atoms with Crippen LogP contribution in [0.25, 0.3) is 10.9 Å². The molecule has 86 valence electrons. The molecule has 2 nitrogen and oxygen atoms in total. The lowest BCUT2D eigenvalue weighted by molar-refractivity contribution is 0.540. The molecule has 0 spiro atoms. The van der Waals surface area contributed by atoms with Crippen LogP contribution in [0, 0.1) is 13.8 Å². The number of hydrogen-bond acceptors (Lipinski definition) is 1. The Bertz CT molecular complexity index is 521. The summed E-state index contributed by atoms with van der Waals surface area (Å²) >= 11 is 0. The lowest BCUT2D eigenvalue weighted by atomic mass is 9.84. The number of aryl methyl sites for hydroxylation is 2. The predicted octanol–water partition coefficient (Wildman–Crippen LogP) is 3.02. The van der Waals surface area contributed by atoms with E-state index in [1.165, 1.54) is 27.7 Å². The highest BCUT2D eigenvalue weighted by Crippen LogP contribution is 2.28. The van der Waals surface area contributed by atoms with Gasteiger partial charge >= 0.3 is 0 Å². The Balaban J connectivity index is 2.64. The fourth-order valence-corrected chi connectivity index (χ4v) is 2.00. The second-order valence-electron chi connectivity index (χ2n) is 5.22. The van der Waals surface area contributed by atoms with Crippen molar-refractivity contribution >= 4 is 10.9 Å². The number of aromatic amines is 1. The molecule has 0 atom stereocenters. The first-order valence-corrected chi connectivity index (χ1v) is 5.75. The minimum Gasteiger partial charge on any atom is -0.358 e. The van der Waals surface area contributed by atoms with E-state index in [1.807, 2.05) is 0 Å². The van der Waals surface area contributed by atoms with Gasteiger partial charge in [0.2, 0.25) is 0 Å². The highest BCUT2D eigenvalue weighted by Gasteiger charge is 2.19. The molecule has 1 heterocycles. The van der Waals surface area contributed by atoms with Gasteiger partial charge in [-0.05, 0) is 37.1 Å². The molecule has 0 radical (unpaired) electrons. The molecule has 0 unspecified atom stereocenters. The first-order valence-electron chi connectivity index (χ1n) is 5.75. The van der Waals surface area contributed by atoms with E-state index in [-0.39, 0.29) is 5.41 Å². The average molecular weight is 216 g/mol. The Hall–Kier alpha value is -1.28. The van der Waals surface area contributed by atoms with Crippen LogP contribution in [0.15, 0.2) is 18.2 Å². The van der Waals surface area contributed by atoms with Gasteiger partial charge in [-0.3, -0.25) is 0 Å². The van der Waals surface area contributed by atoms with Gasteiger partial charge in [0.15, 0.2) is 0 Å². The summed E-state index contributed by atoms with van der Waals surface area (Å²) in [6, 6.07) is 6.59. The molecule has 3 N–H and O–H groups in total. The van der Waals surface area contributed by atoms with Crippen LogP contribution < -0.4 is 5.73 Å². The van der Waals surface area contributed by atoms with Gasteiger partial charge in [0.05, 0.1) is 0 Å². The van der Waals surface area contributed by atoms with Crippen LogP contribution in [0.5, 0.6) is 0 Å². The lowest BCUT2D eigenvalue weighted by Gasteiger charge is -2.23. The van der Waals surface area contributed by atoms with Crippen LogP contribution in [0.2, 0.25) is 0 Å². The van der Waals surface area contributed by atoms with E-state index in [2.05, 4.69) is 50.9 Å². The normalized spacial score (nSPS) is 12.3. The average Bonchev–Trinajstić information content (AvgIpc) is 2.55. The van der Waals surface area contributed by atoms with Gasteiger partial charge in [0, 0.05) is 28.6 Å². The van der Waals surface area contributed by atoms with E-state index < -0.39 is 0 Å². The first kappa shape index (κ1) is 11.2. The zero-order chi connectivity index (χ0) is 11.9. The summed E-state index contributed by atoms with van der Waals surface area (Å²) in [5.74, 6) is 0. The van der Waals surface area contributed by atoms with Crippen molar-refractivity contribution in [2.45, 2.75) is 33.1 Å². The summed E-state index contributed by atoms with van der Waals surface area (Å²) < 4.78 is 0. The minimum absolute atomic E-state index is 0.0474. The molecular weight excluding hydrogens is 196 g/mol. The highest BCUT2D eigenvalue weighted by atomic mass is 14.7. The third-order valence-electron chi connectivity index (χ3n) is 3.60. The van der Waals surface area contributed by atoms with E-state index in [1.54, 1.807) is 0 Å². The summed E-state index contributed by atoms with van der Waals surface area (Å²) in [5, 5.41) is 1.32. The molecule has 0 aliphatic heterocycles. The molecule has 0 aliphatic carbocycles. The molecule has 0 bridgehead atoms. The molecule has 1 aromatic heterocycles. The quantitative estimate of drug-likeness (QED) is 0.796. The summed E-state index contributed by atoms with van der Waals surface area (Å²) in [4.78, 5) is 3.39. The van der Waals surface area contributed by atoms with Crippen LogP contribution >= 0.6 is 0 Å². The number of rotatable bonds is 2. The van der Waals surface area contributed by atoms with Crippen LogP contribution in [-0.4, -0.2) is 11.5 Å². The molecule has 1 aromatic carbocycles. The maximum Gasteiger partial charge on any atom is 0.0458 e. The second-order valence-corrected chi connectivity index (χ2v) is 5.22. The number of nitrogens with one attached hydrogen (secondary N) is 1. The zero-order valence-electron chi connectivity index (χ0n) is 10.5. The van der Waals surface area contributed by atoms with Crippen molar-refractivity contribution in [3.8, 4) is 0 Å². The molecule has 0 saturated carbocycles. The number of benzene rings is 1. The monoisotopic (exact) mass is 216 g/mol. The van der Waals surface area contributed by atoms with E-state index in [9.17, 15) is 0 Å². The van der Waals surface area contributed by atoms with Crippen molar-refractivity contribution in [3.05, 3.63) is 35.0 Å². The van der Waals surface area contributed by atoms with Gasteiger partial charge < -0.3 is 10.7 Å². The smallest absolute Gasteiger partial charge is 0.0458 e. The first-order chi connectivity index (χ1) is 7.45. The van der Waals surface area contributed by atoms with Gasteiger partial charge in [0.25, 0.3) is 0 Å². The molecule has 0 saturated heterocycles. The Morgan fingerprint density at radius 1 is 1.25 bits per heavy atom. The Morgan fingerprint density at radius 3 is 2.56 bits per heavy atom. The highest BCUT2D eigenvalue weighted by molar-refractivity contribution is 5.85. The third kappa shape index (κ3) is 1.63. The molecule has 0 aliphatic rings. The summed E-state index contributed by atoms with van der Waals surface area (Å²) in [6.45, 7) is 9.31. The molecule has 0 fully saturated rings. The van der Waals surface area contributed by atoms with E-state index in [0.717, 1.165) is 0 Å². The van der Waals surface area contributed by atoms with Crippen LogP contribution in [0.1, 0.15) is 30.7 Å². The van der Waals surface area contributed by atoms with Gasteiger partial charge in [-0.15, -0.1) is 0 Å². The molecule has 16 heavy (non-hydrogen) atoms. The maximum atomic E-state index is 5.82. The van der Waals surface area contributed by atoms with Crippen LogP contribution in [0.4, 0.5) is 0 Å². The van der Waals surface area contributed by atoms with Gasteiger partial charge in [-0.25, -0.2) is 0 Å². The van der Waals surface area contributed by atoms with E-state index in [4.69, 9.17) is 5.73 Å². The number of hydrogen-bond donors (Lipinski definition) is 2. The topological polar surface area (TPSA) is 41.8 Å².